The van der Waals surface area contributed by atoms with Gasteiger partial charge >= 0.3 is 6.03 Å². The zero-order valence-electron chi connectivity index (χ0n) is 14.8. The second-order valence-corrected chi connectivity index (χ2v) is 6.75. The minimum atomic E-state index is -0.448. The number of ether oxygens (including phenoxy) is 2. The second-order valence-electron chi connectivity index (χ2n) is 6.75. The Hall–Kier alpha value is -2.54. The molecule has 138 valence electrons. The summed E-state index contributed by atoms with van der Waals surface area (Å²) in [7, 11) is 0. The van der Waals surface area contributed by atoms with Gasteiger partial charge in [0.25, 0.3) is 5.91 Å². The summed E-state index contributed by atoms with van der Waals surface area (Å²) in [6, 6.07) is 6.77. The lowest BCUT2D eigenvalue weighted by Crippen LogP contribution is -2.44. The van der Waals surface area contributed by atoms with Crippen LogP contribution in [0.2, 0.25) is 0 Å². The molecule has 0 aromatic heterocycles. The van der Waals surface area contributed by atoms with Gasteiger partial charge in [-0.05, 0) is 37.5 Å². The van der Waals surface area contributed by atoms with E-state index in [2.05, 4.69) is 10.6 Å². The molecule has 1 aromatic rings. The Morgan fingerprint density at radius 2 is 2.08 bits per heavy atom. The van der Waals surface area contributed by atoms with Crippen LogP contribution in [0.3, 0.4) is 0 Å². The molecule has 1 fully saturated rings. The van der Waals surface area contributed by atoms with Gasteiger partial charge < -0.3 is 25.0 Å². The molecular formula is C19H23N3O4. The lowest BCUT2D eigenvalue weighted by molar-refractivity contribution is -0.127. The molecule has 7 nitrogen and oxygen atoms in total. The maximum absolute atomic E-state index is 13.0. The van der Waals surface area contributed by atoms with Crippen LogP contribution in [0.15, 0.2) is 35.5 Å². The number of benzene rings is 1. The Bertz CT molecular complexity index is 738. The molecule has 3 aliphatic heterocycles. The summed E-state index contributed by atoms with van der Waals surface area (Å²) < 4.78 is 11.1. The molecule has 4 rings (SSSR count). The number of rotatable bonds is 5. The van der Waals surface area contributed by atoms with Gasteiger partial charge in [0.15, 0.2) is 0 Å². The zero-order valence-corrected chi connectivity index (χ0v) is 14.8. The first-order chi connectivity index (χ1) is 12.7. The molecule has 1 saturated heterocycles. The monoisotopic (exact) mass is 357 g/mol. The summed E-state index contributed by atoms with van der Waals surface area (Å²) >= 11 is 0. The van der Waals surface area contributed by atoms with Gasteiger partial charge in [0.1, 0.15) is 5.75 Å². The average molecular weight is 357 g/mol. The van der Waals surface area contributed by atoms with Crippen molar-refractivity contribution in [3.05, 3.63) is 41.1 Å². The van der Waals surface area contributed by atoms with E-state index in [1.54, 1.807) is 4.90 Å². The summed E-state index contributed by atoms with van der Waals surface area (Å²) in [6.07, 6.45) is 2.10. The molecule has 0 saturated carbocycles. The Kier molecular flexibility index (Phi) is 4.55. The largest absolute Gasteiger partial charge is 0.494 e. The molecule has 0 spiro atoms. The van der Waals surface area contributed by atoms with Crippen molar-refractivity contribution >= 4 is 11.9 Å². The third-order valence-electron chi connectivity index (χ3n) is 4.99. The minimum Gasteiger partial charge on any atom is -0.494 e. The molecule has 2 atom stereocenters. The molecule has 3 heterocycles. The van der Waals surface area contributed by atoms with Crippen LogP contribution in [-0.4, -0.2) is 49.2 Å². The van der Waals surface area contributed by atoms with Crippen LogP contribution in [0.25, 0.3) is 0 Å². The van der Waals surface area contributed by atoms with Gasteiger partial charge in [-0.25, -0.2) is 4.79 Å². The topological polar surface area (TPSA) is 79.9 Å². The smallest absolute Gasteiger partial charge is 0.319 e. The molecule has 0 aliphatic carbocycles. The van der Waals surface area contributed by atoms with Crippen molar-refractivity contribution in [2.75, 3.05) is 26.3 Å². The first kappa shape index (κ1) is 16.9. The molecule has 7 heteroatoms. The van der Waals surface area contributed by atoms with Crippen molar-refractivity contribution in [1.82, 2.24) is 15.5 Å². The summed E-state index contributed by atoms with van der Waals surface area (Å²) in [4.78, 5) is 26.8. The SMILES string of the molecule is CCOc1ccc([C@@H]2NC(=O)NC3=C2C(=O)N(C[C@H]2CCCO2)C3)cc1. The Labute approximate surface area is 152 Å². The van der Waals surface area contributed by atoms with E-state index in [1.165, 1.54) is 0 Å². The number of amides is 3. The van der Waals surface area contributed by atoms with Gasteiger partial charge in [-0.3, -0.25) is 4.79 Å². The maximum atomic E-state index is 13.0. The third kappa shape index (κ3) is 3.14. The fourth-order valence-electron chi connectivity index (χ4n) is 3.78. The van der Waals surface area contributed by atoms with Crippen molar-refractivity contribution in [2.24, 2.45) is 0 Å². The average Bonchev–Trinajstić information content (AvgIpc) is 3.24. The van der Waals surface area contributed by atoms with E-state index in [0.717, 1.165) is 30.8 Å². The molecular weight excluding hydrogens is 334 g/mol. The number of nitrogens with one attached hydrogen (secondary N) is 2. The highest BCUT2D eigenvalue weighted by molar-refractivity contribution is 6.01. The summed E-state index contributed by atoms with van der Waals surface area (Å²) in [5.41, 5.74) is 2.17. The minimum absolute atomic E-state index is 0.0399. The van der Waals surface area contributed by atoms with Crippen LogP contribution in [-0.2, 0) is 9.53 Å². The summed E-state index contributed by atoms with van der Waals surface area (Å²) in [5, 5.41) is 5.67. The first-order valence-electron chi connectivity index (χ1n) is 9.10. The lowest BCUT2D eigenvalue weighted by Gasteiger charge is -2.25. The second kappa shape index (κ2) is 6.99. The van der Waals surface area contributed by atoms with Gasteiger partial charge in [0.05, 0.1) is 36.6 Å². The number of carbonyl (C=O) groups excluding carboxylic acids is 2. The zero-order chi connectivity index (χ0) is 18.1. The molecule has 1 aromatic carbocycles. The molecule has 0 radical (unpaired) electrons. The van der Waals surface area contributed by atoms with Gasteiger partial charge in [-0.1, -0.05) is 12.1 Å². The van der Waals surface area contributed by atoms with Gasteiger partial charge in [0.2, 0.25) is 0 Å². The van der Waals surface area contributed by atoms with Gasteiger partial charge in [0, 0.05) is 13.2 Å². The van der Waals surface area contributed by atoms with Crippen LogP contribution in [0.5, 0.6) is 5.75 Å². The number of nitrogens with zero attached hydrogens (tertiary/aromatic N) is 1. The normalized spacial score (nSPS) is 25.2. The third-order valence-corrected chi connectivity index (χ3v) is 4.99. The number of carbonyl (C=O) groups is 2. The molecule has 26 heavy (non-hydrogen) atoms. The van der Waals surface area contributed by atoms with E-state index in [-0.39, 0.29) is 18.0 Å². The van der Waals surface area contributed by atoms with E-state index in [4.69, 9.17) is 9.47 Å². The van der Waals surface area contributed by atoms with E-state index >= 15 is 0 Å². The molecule has 3 amide bonds. The van der Waals surface area contributed by atoms with Crippen molar-refractivity contribution < 1.29 is 19.1 Å². The summed E-state index contributed by atoms with van der Waals surface area (Å²) in [6.45, 7) is 4.27. The Morgan fingerprint density at radius 3 is 2.77 bits per heavy atom. The van der Waals surface area contributed by atoms with Crippen LogP contribution in [0.1, 0.15) is 31.4 Å². The van der Waals surface area contributed by atoms with Crippen molar-refractivity contribution in [1.29, 1.82) is 0 Å². The molecule has 2 N–H and O–H groups in total. The highest BCUT2D eigenvalue weighted by Crippen LogP contribution is 2.33. The van der Waals surface area contributed by atoms with Crippen LogP contribution < -0.4 is 15.4 Å². The van der Waals surface area contributed by atoms with E-state index in [1.807, 2.05) is 31.2 Å². The maximum Gasteiger partial charge on any atom is 0.319 e. The Morgan fingerprint density at radius 1 is 1.27 bits per heavy atom. The van der Waals surface area contributed by atoms with Gasteiger partial charge in [-0.15, -0.1) is 0 Å². The number of urea groups is 1. The lowest BCUT2D eigenvalue weighted by atomic mass is 9.96. The van der Waals surface area contributed by atoms with Crippen molar-refractivity contribution in [2.45, 2.75) is 31.9 Å². The fraction of sp³-hybridized carbons (Fsp3) is 0.474. The van der Waals surface area contributed by atoms with E-state index in [0.29, 0.717) is 31.0 Å². The van der Waals surface area contributed by atoms with E-state index < -0.39 is 6.04 Å². The number of hydrogen-bond acceptors (Lipinski definition) is 4. The quantitative estimate of drug-likeness (QED) is 0.841. The fourth-order valence-corrected chi connectivity index (χ4v) is 3.78. The highest BCUT2D eigenvalue weighted by Gasteiger charge is 2.41. The van der Waals surface area contributed by atoms with Crippen LogP contribution in [0, 0.1) is 0 Å². The van der Waals surface area contributed by atoms with Crippen molar-refractivity contribution in [3.63, 3.8) is 0 Å². The molecule has 3 aliphatic rings. The van der Waals surface area contributed by atoms with Gasteiger partial charge in [-0.2, -0.15) is 0 Å². The van der Waals surface area contributed by atoms with Crippen LogP contribution >= 0.6 is 0 Å². The van der Waals surface area contributed by atoms with Crippen molar-refractivity contribution in [3.8, 4) is 5.75 Å². The highest BCUT2D eigenvalue weighted by atomic mass is 16.5. The molecule has 0 unspecified atom stereocenters. The van der Waals surface area contributed by atoms with E-state index in [9.17, 15) is 9.59 Å². The predicted molar refractivity (Wildman–Crippen MR) is 94.6 cm³/mol. The molecule has 0 bridgehead atoms. The first-order valence-corrected chi connectivity index (χ1v) is 9.10. The predicted octanol–water partition coefficient (Wildman–Crippen LogP) is 1.71. The van der Waals surface area contributed by atoms with Crippen LogP contribution in [0.4, 0.5) is 4.79 Å². The standard InChI is InChI=1S/C19H23N3O4/c1-2-25-13-7-5-12(6-8-13)17-16-15(20-19(24)21-17)11-22(18(16)23)10-14-4-3-9-26-14/h5-8,14,17H,2-4,9-11H2,1H3,(H2,20,21,24)/t14-,17+/m1/s1. The number of hydrogen-bond donors (Lipinski definition) is 2. The summed E-state index contributed by atoms with van der Waals surface area (Å²) in [5.74, 6) is 0.727. The Balaban J connectivity index is 1.56.